The van der Waals surface area contributed by atoms with Crippen molar-refractivity contribution >= 4 is 17.5 Å². The van der Waals surface area contributed by atoms with Crippen LogP contribution in [0.4, 0.5) is 0 Å². The maximum Gasteiger partial charge on any atom is 0.248 e. The summed E-state index contributed by atoms with van der Waals surface area (Å²) in [6.45, 7) is 0.610. The van der Waals surface area contributed by atoms with Crippen molar-refractivity contribution in [2.45, 2.75) is 6.04 Å². The Bertz CT molecular complexity index is 383. The summed E-state index contributed by atoms with van der Waals surface area (Å²) in [4.78, 5) is 17.1. The van der Waals surface area contributed by atoms with Gasteiger partial charge in [-0.25, -0.2) is 0 Å². The molecule has 2 heterocycles. The quantitative estimate of drug-likeness (QED) is 0.724. The first-order valence-corrected chi connectivity index (χ1v) is 5.00. The lowest BCUT2D eigenvalue weighted by atomic mass is 10.1. The SMILES string of the molecule is CN1C(=O)COCC1c1cnccc1Cl. The van der Waals surface area contributed by atoms with Crippen molar-refractivity contribution in [3.05, 3.63) is 29.0 Å². The minimum Gasteiger partial charge on any atom is -0.369 e. The molecule has 0 saturated carbocycles. The Hall–Kier alpha value is -1.13. The summed E-state index contributed by atoms with van der Waals surface area (Å²) in [5.41, 5.74) is 0.828. The Morgan fingerprint density at radius 2 is 2.47 bits per heavy atom. The summed E-state index contributed by atoms with van der Waals surface area (Å²) in [5, 5.41) is 0.611. The standard InChI is InChI=1S/C10H11ClN2O2/c1-13-9(5-15-6-10(13)14)7-4-12-3-2-8(7)11/h2-4,9H,5-6H2,1H3. The number of ether oxygens (including phenoxy) is 1. The van der Waals surface area contributed by atoms with E-state index >= 15 is 0 Å². The minimum absolute atomic E-state index is 0.0360. The first kappa shape index (κ1) is 10.4. The third kappa shape index (κ3) is 1.96. The number of morpholine rings is 1. The first-order chi connectivity index (χ1) is 7.20. The van der Waals surface area contributed by atoms with Crippen molar-refractivity contribution in [3.63, 3.8) is 0 Å². The first-order valence-electron chi connectivity index (χ1n) is 4.63. The second kappa shape index (κ2) is 4.16. The molecule has 0 aromatic carbocycles. The second-order valence-electron chi connectivity index (χ2n) is 3.43. The molecule has 1 aromatic heterocycles. The average Bonchev–Trinajstić information content (AvgIpc) is 2.23. The number of pyridine rings is 1. The van der Waals surface area contributed by atoms with Gasteiger partial charge in [0, 0.05) is 30.0 Å². The zero-order valence-electron chi connectivity index (χ0n) is 8.31. The Balaban J connectivity index is 2.30. The highest BCUT2D eigenvalue weighted by molar-refractivity contribution is 6.31. The van der Waals surface area contributed by atoms with Gasteiger partial charge in [0.05, 0.1) is 12.6 Å². The van der Waals surface area contributed by atoms with Crippen molar-refractivity contribution in [2.75, 3.05) is 20.3 Å². The molecule has 1 amide bonds. The number of aromatic nitrogens is 1. The van der Waals surface area contributed by atoms with Crippen molar-refractivity contribution in [1.82, 2.24) is 9.88 Å². The summed E-state index contributed by atoms with van der Waals surface area (Å²) in [5.74, 6) is -0.0360. The summed E-state index contributed by atoms with van der Waals surface area (Å²) >= 11 is 6.04. The van der Waals surface area contributed by atoms with Crippen LogP contribution >= 0.6 is 11.6 Å². The normalized spacial score (nSPS) is 21.9. The van der Waals surface area contributed by atoms with E-state index in [1.54, 1.807) is 30.4 Å². The smallest absolute Gasteiger partial charge is 0.248 e. The zero-order valence-corrected chi connectivity index (χ0v) is 9.07. The number of carbonyl (C=O) groups is 1. The molecule has 0 aliphatic carbocycles. The van der Waals surface area contributed by atoms with Gasteiger partial charge in [-0.3, -0.25) is 9.78 Å². The van der Waals surface area contributed by atoms with Crippen molar-refractivity contribution in [3.8, 4) is 0 Å². The molecule has 5 heteroatoms. The topological polar surface area (TPSA) is 42.4 Å². The molecule has 4 nitrogen and oxygen atoms in total. The van der Waals surface area contributed by atoms with Gasteiger partial charge in [0.25, 0.3) is 0 Å². The highest BCUT2D eigenvalue weighted by Gasteiger charge is 2.28. The maximum absolute atomic E-state index is 11.4. The van der Waals surface area contributed by atoms with Gasteiger partial charge in [-0.2, -0.15) is 0 Å². The molecule has 0 bridgehead atoms. The van der Waals surface area contributed by atoms with Crippen LogP contribution in [0.3, 0.4) is 0 Å². The molecule has 80 valence electrons. The number of hydrogen-bond donors (Lipinski definition) is 0. The van der Waals surface area contributed by atoms with Gasteiger partial charge in [-0.15, -0.1) is 0 Å². The van der Waals surface area contributed by atoms with Gasteiger partial charge in [-0.1, -0.05) is 11.6 Å². The number of halogens is 1. The summed E-state index contributed by atoms with van der Waals surface area (Å²) in [7, 11) is 1.75. The van der Waals surface area contributed by atoms with Crippen LogP contribution < -0.4 is 0 Å². The number of rotatable bonds is 1. The monoisotopic (exact) mass is 226 g/mol. The van der Waals surface area contributed by atoms with E-state index in [0.29, 0.717) is 11.6 Å². The van der Waals surface area contributed by atoms with Crippen LogP contribution in [-0.2, 0) is 9.53 Å². The van der Waals surface area contributed by atoms with Crippen LogP contribution in [0.2, 0.25) is 5.02 Å². The fourth-order valence-corrected chi connectivity index (χ4v) is 1.81. The van der Waals surface area contributed by atoms with E-state index in [2.05, 4.69) is 4.98 Å². The van der Waals surface area contributed by atoms with Crippen molar-refractivity contribution < 1.29 is 9.53 Å². The molecule has 1 aliphatic heterocycles. The molecule has 1 atom stereocenters. The van der Waals surface area contributed by atoms with E-state index < -0.39 is 0 Å². The molecular formula is C10H11ClN2O2. The molecular weight excluding hydrogens is 216 g/mol. The molecule has 0 spiro atoms. The van der Waals surface area contributed by atoms with Crippen LogP contribution in [0.5, 0.6) is 0 Å². The minimum atomic E-state index is -0.132. The molecule has 0 N–H and O–H groups in total. The van der Waals surface area contributed by atoms with E-state index in [0.717, 1.165) is 5.56 Å². The Labute approximate surface area is 92.8 Å². The molecule has 1 aromatic rings. The van der Waals surface area contributed by atoms with Gasteiger partial charge in [-0.05, 0) is 6.07 Å². The lowest BCUT2D eigenvalue weighted by molar-refractivity contribution is -0.146. The van der Waals surface area contributed by atoms with E-state index in [1.807, 2.05) is 0 Å². The number of hydrogen-bond acceptors (Lipinski definition) is 3. The van der Waals surface area contributed by atoms with Crippen LogP contribution in [0, 0.1) is 0 Å². The molecule has 1 saturated heterocycles. The average molecular weight is 227 g/mol. The lowest BCUT2D eigenvalue weighted by Gasteiger charge is -2.32. The number of carbonyl (C=O) groups excluding carboxylic acids is 1. The number of likely N-dealkylation sites (N-methyl/N-ethyl adjacent to an activating group) is 1. The van der Waals surface area contributed by atoms with Gasteiger partial charge in [0.15, 0.2) is 0 Å². The van der Waals surface area contributed by atoms with E-state index in [1.165, 1.54) is 0 Å². The van der Waals surface area contributed by atoms with Gasteiger partial charge < -0.3 is 9.64 Å². The second-order valence-corrected chi connectivity index (χ2v) is 3.84. The van der Waals surface area contributed by atoms with Crippen molar-refractivity contribution in [1.29, 1.82) is 0 Å². The molecule has 2 rings (SSSR count). The van der Waals surface area contributed by atoms with E-state index in [-0.39, 0.29) is 18.6 Å². The Morgan fingerprint density at radius 3 is 3.20 bits per heavy atom. The molecule has 15 heavy (non-hydrogen) atoms. The number of nitrogens with zero attached hydrogens (tertiary/aromatic N) is 2. The summed E-state index contributed by atoms with van der Waals surface area (Å²) in [6.07, 6.45) is 3.29. The maximum atomic E-state index is 11.4. The van der Waals surface area contributed by atoms with Crippen molar-refractivity contribution in [2.24, 2.45) is 0 Å². The largest absolute Gasteiger partial charge is 0.369 e. The highest BCUT2D eigenvalue weighted by Crippen LogP contribution is 2.28. The van der Waals surface area contributed by atoms with Gasteiger partial charge in [0.1, 0.15) is 6.61 Å². The fourth-order valence-electron chi connectivity index (χ4n) is 1.58. The van der Waals surface area contributed by atoms with Gasteiger partial charge >= 0.3 is 0 Å². The highest BCUT2D eigenvalue weighted by atomic mass is 35.5. The van der Waals surface area contributed by atoms with Crippen LogP contribution in [0.15, 0.2) is 18.5 Å². The predicted octanol–water partition coefficient (Wildman–Crippen LogP) is 1.26. The molecule has 1 unspecified atom stereocenters. The number of amides is 1. The van der Waals surface area contributed by atoms with Gasteiger partial charge in [0.2, 0.25) is 5.91 Å². The molecule has 0 radical (unpaired) electrons. The Kier molecular flexibility index (Phi) is 2.88. The Morgan fingerprint density at radius 1 is 1.67 bits per heavy atom. The van der Waals surface area contributed by atoms with Crippen LogP contribution in [0.1, 0.15) is 11.6 Å². The summed E-state index contributed by atoms with van der Waals surface area (Å²) < 4.78 is 5.20. The third-order valence-corrected chi connectivity index (χ3v) is 2.86. The predicted molar refractivity (Wildman–Crippen MR) is 55.6 cm³/mol. The molecule has 1 aliphatic rings. The van der Waals surface area contributed by atoms with Crippen LogP contribution in [0.25, 0.3) is 0 Å². The lowest BCUT2D eigenvalue weighted by Crippen LogP contribution is -2.41. The molecule has 1 fully saturated rings. The summed E-state index contributed by atoms with van der Waals surface area (Å²) in [6, 6.07) is 1.58. The third-order valence-electron chi connectivity index (χ3n) is 2.52. The van der Waals surface area contributed by atoms with E-state index in [9.17, 15) is 4.79 Å². The van der Waals surface area contributed by atoms with Crippen LogP contribution in [-0.4, -0.2) is 36.1 Å². The van der Waals surface area contributed by atoms with E-state index in [4.69, 9.17) is 16.3 Å². The zero-order chi connectivity index (χ0) is 10.8. The fraction of sp³-hybridized carbons (Fsp3) is 0.400.